The average molecular weight is 265 g/mol. The molecule has 0 saturated carbocycles. The molecule has 0 unspecified atom stereocenters. The van der Waals surface area contributed by atoms with Crippen molar-refractivity contribution in [2.75, 3.05) is 26.0 Å². The van der Waals surface area contributed by atoms with Crippen molar-refractivity contribution in [2.45, 2.75) is 5.16 Å². The van der Waals surface area contributed by atoms with E-state index in [1.807, 2.05) is 24.3 Å². The van der Waals surface area contributed by atoms with Crippen LogP contribution in [0.25, 0.3) is 11.0 Å². The normalized spacial score (nSPS) is 10.7. The highest BCUT2D eigenvalue weighted by atomic mass is 32.2. The van der Waals surface area contributed by atoms with Crippen LogP contribution in [0.5, 0.6) is 0 Å². The summed E-state index contributed by atoms with van der Waals surface area (Å²) in [6, 6.07) is 7.79. The average Bonchev–Trinajstić information content (AvgIpc) is 2.79. The molecular weight excluding hydrogens is 250 g/mol. The van der Waals surface area contributed by atoms with Gasteiger partial charge in [0.15, 0.2) is 5.16 Å². The van der Waals surface area contributed by atoms with Crippen molar-refractivity contribution in [1.82, 2.24) is 15.3 Å². The highest BCUT2D eigenvalue weighted by Crippen LogP contribution is 2.18. The molecule has 1 aromatic carbocycles. The highest BCUT2D eigenvalue weighted by Gasteiger charge is 2.06. The minimum absolute atomic E-state index is 0.0162. The number of aromatic nitrogens is 2. The fourth-order valence-electron chi connectivity index (χ4n) is 1.48. The number of fused-ring (bicyclic) bond motifs is 1. The summed E-state index contributed by atoms with van der Waals surface area (Å²) in [6.45, 7) is 1.07. The maximum absolute atomic E-state index is 11.5. The van der Waals surface area contributed by atoms with E-state index in [-0.39, 0.29) is 5.91 Å². The molecule has 0 fully saturated rings. The molecule has 2 aromatic rings. The number of imidazole rings is 1. The van der Waals surface area contributed by atoms with Gasteiger partial charge in [-0.3, -0.25) is 4.79 Å². The number of hydrogen-bond donors (Lipinski definition) is 2. The predicted molar refractivity (Wildman–Crippen MR) is 71.7 cm³/mol. The van der Waals surface area contributed by atoms with Crippen LogP contribution in [-0.2, 0) is 9.53 Å². The number of nitrogens with one attached hydrogen (secondary N) is 2. The smallest absolute Gasteiger partial charge is 0.230 e. The first-order valence-electron chi connectivity index (χ1n) is 5.63. The maximum Gasteiger partial charge on any atom is 0.230 e. The zero-order chi connectivity index (χ0) is 12.8. The molecule has 1 aromatic heterocycles. The van der Waals surface area contributed by atoms with Crippen molar-refractivity contribution in [1.29, 1.82) is 0 Å². The zero-order valence-electron chi connectivity index (χ0n) is 10.1. The summed E-state index contributed by atoms with van der Waals surface area (Å²) in [5, 5.41) is 3.52. The van der Waals surface area contributed by atoms with Crippen molar-refractivity contribution in [3.8, 4) is 0 Å². The van der Waals surface area contributed by atoms with Crippen LogP contribution in [0, 0.1) is 0 Å². The van der Waals surface area contributed by atoms with Gasteiger partial charge in [0, 0.05) is 13.7 Å². The molecule has 0 radical (unpaired) electrons. The third-order valence-corrected chi connectivity index (χ3v) is 3.21. The van der Waals surface area contributed by atoms with E-state index in [1.165, 1.54) is 11.8 Å². The molecular formula is C12H15N3O2S. The van der Waals surface area contributed by atoms with Gasteiger partial charge in [-0.15, -0.1) is 0 Å². The Labute approximate surface area is 109 Å². The third-order valence-electron chi connectivity index (χ3n) is 2.34. The number of benzene rings is 1. The molecule has 6 heteroatoms. The molecule has 96 valence electrons. The van der Waals surface area contributed by atoms with Crippen LogP contribution in [-0.4, -0.2) is 41.9 Å². The SMILES string of the molecule is COCCNC(=O)CSc1nc2ccccc2[nH]1. The predicted octanol–water partition coefficient (Wildman–Crippen LogP) is 1.42. The lowest BCUT2D eigenvalue weighted by Gasteiger charge is -2.02. The van der Waals surface area contributed by atoms with E-state index in [4.69, 9.17) is 4.74 Å². The van der Waals surface area contributed by atoms with Crippen molar-refractivity contribution in [2.24, 2.45) is 0 Å². The van der Waals surface area contributed by atoms with Crippen LogP contribution in [0.1, 0.15) is 0 Å². The zero-order valence-corrected chi connectivity index (χ0v) is 10.9. The van der Waals surface area contributed by atoms with E-state index >= 15 is 0 Å². The van der Waals surface area contributed by atoms with Crippen molar-refractivity contribution >= 4 is 28.7 Å². The molecule has 0 spiro atoms. The monoisotopic (exact) mass is 265 g/mol. The van der Waals surface area contributed by atoms with Gasteiger partial charge in [0.1, 0.15) is 0 Å². The van der Waals surface area contributed by atoms with Crippen LogP contribution in [0.3, 0.4) is 0 Å². The molecule has 0 saturated heterocycles. The Kier molecular flexibility index (Phi) is 4.60. The molecule has 0 atom stereocenters. The Morgan fingerprint density at radius 3 is 3.11 bits per heavy atom. The summed E-state index contributed by atoms with van der Waals surface area (Å²) >= 11 is 1.39. The first-order valence-corrected chi connectivity index (χ1v) is 6.61. The maximum atomic E-state index is 11.5. The van der Waals surface area contributed by atoms with Gasteiger partial charge in [-0.1, -0.05) is 23.9 Å². The van der Waals surface area contributed by atoms with Gasteiger partial charge in [0.05, 0.1) is 23.4 Å². The van der Waals surface area contributed by atoms with Crippen LogP contribution in [0.15, 0.2) is 29.4 Å². The summed E-state index contributed by atoms with van der Waals surface area (Å²) in [6.07, 6.45) is 0. The number of H-pyrrole nitrogens is 1. The summed E-state index contributed by atoms with van der Waals surface area (Å²) < 4.78 is 4.85. The number of methoxy groups -OCH3 is 1. The minimum Gasteiger partial charge on any atom is -0.383 e. The van der Waals surface area contributed by atoms with Gasteiger partial charge in [0.2, 0.25) is 5.91 Å². The molecule has 18 heavy (non-hydrogen) atoms. The molecule has 5 nitrogen and oxygen atoms in total. The van der Waals surface area contributed by atoms with Crippen LogP contribution < -0.4 is 5.32 Å². The molecule has 0 aliphatic rings. The van der Waals surface area contributed by atoms with Gasteiger partial charge >= 0.3 is 0 Å². The number of para-hydroxylation sites is 2. The van der Waals surface area contributed by atoms with E-state index in [0.29, 0.717) is 18.9 Å². The Morgan fingerprint density at radius 1 is 1.50 bits per heavy atom. The number of amides is 1. The van der Waals surface area contributed by atoms with Gasteiger partial charge < -0.3 is 15.0 Å². The molecule has 1 heterocycles. The second-order valence-corrected chi connectivity index (χ2v) is 4.65. The van der Waals surface area contributed by atoms with E-state index in [0.717, 1.165) is 16.2 Å². The number of rotatable bonds is 6. The minimum atomic E-state index is -0.0162. The molecule has 2 rings (SSSR count). The first kappa shape index (κ1) is 12.9. The number of ether oxygens (including phenoxy) is 1. The number of carbonyl (C=O) groups excluding carboxylic acids is 1. The van der Waals surface area contributed by atoms with Gasteiger partial charge in [-0.05, 0) is 12.1 Å². The lowest BCUT2D eigenvalue weighted by molar-refractivity contribution is -0.118. The summed E-state index contributed by atoms with van der Waals surface area (Å²) in [5.41, 5.74) is 1.90. The van der Waals surface area contributed by atoms with Crippen LogP contribution >= 0.6 is 11.8 Å². The van der Waals surface area contributed by atoms with Crippen LogP contribution in [0.2, 0.25) is 0 Å². The lowest BCUT2D eigenvalue weighted by Crippen LogP contribution is -2.28. The highest BCUT2D eigenvalue weighted by molar-refractivity contribution is 7.99. The van der Waals surface area contributed by atoms with Gasteiger partial charge in [0.25, 0.3) is 0 Å². The number of hydrogen-bond acceptors (Lipinski definition) is 4. The largest absolute Gasteiger partial charge is 0.383 e. The quantitative estimate of drug-likeness (QED) is 0.612. The number of thioether (sulfide) groups is 1. The molecule has 0 bridgehead atoms. The van der Waals surface area contributed by atoms with Crippen LogP contribution in [0.4, 0.5) is 0 Å². The molecule has 0 aliphatic carbocycles. The first-order chi connectivity index (χ1) is 8.79. The lowest BCUT2D eigenvalue weighted by atomic mass is 10.3. The van der Waals surface area contributed by atoms with Gasteiger partial charge in [-0.25, -0.2) is 4.98 Å². The molecule has 0 aliphatic heterocycles. The second-order valence-electron chi connectivity index (χ2n) is 3.69. The Bertz CT molecular complexity index is 494. The van der Waals surface area contributed by atoms with Gasteiger partial charge in [-0.2, -0.15) is 0 Å². The fraction of sp³-hybridized carbons (Fsp3) is 0.333. The summed E-state index contributed by atoms with van der Waals surface area (Å²) in [4.78, 5) is 19.0. The topological polar surface area (TPSA) is 67.0 Å². The number of aromatic amines is 1. The Morgan fingerprint density at radius 2 is 2.33 bits per heavy atom. The van der Waals surface area contributed by atoms with E-state index in [1.54, 1.807) is 7.11 Å². The molecule has 2 N–H and O–H groups in total. The van der Waals surface area contributed by atoms with E-state index < -0.39 is 0 Å². The number of carbonyl (C=O) groups is 1. The molecule has 1 amide bonds. The summed E-state index contributed by atoms with van der Waals surface area (Å²) in [7, 11) is 1.61. The van der Waals surface area contributed by atoms with Crippen molar-refractivity contribution < 1.29 is 9.53 Å². The third kappa shape index (κ3) is 3.48. The standard InChI is InChI=1S/C12H15N3O2S/c1-17-7-6-13-11(16)8-18-12-14-9-4-2-3-5-10(9)15-12/h2-5H,6-8H2,1H3,(H,13,16)(H,14,15). The van der Waals surface area contributed by atoms with Crippen molar-refractivity contribution in [3.05, 3.63) is 24.3 Å². The Hall–Kier alpha value is -1.53. The van der Waals surface area contributed by atoms with E-state index in [2.05, 4.69) is 15.3 Å². The Balaban J connectivity index is 1.84. The number of nitrogens with zero attached hydrogens (tertiary/aromatic N) is 1. The fourth-order valence-corrected chi connectivity index (χ4v) is 2.19. The second kappa shape index (κ2) is 6.42. The van der Waals surface area contributed by atoms with E-state index in [9.17, 15) is 4.79 Å². The summed E-state index contributed by atoms with van der Waals surface area (Å²) in [5.74, 6) is 0.335. The van der Waals surface area contributed by atoms with Crippen molar-refractivity contribution in [3.63, 3.8) is 0 Å².